The standard InChI is InChI=1S/C25H33O8P.H3N.2Na.7H2/c1-3-5-7-9-11-12-13-15-17-19-21-24(27)33-25(22-31-34(28,29)30)32-23(26)20-18-16-14-10-8-6-4-2;;;;;;;;;;/h25H,3,5,7,9,11-13,15,17,19,21-22H2,1-2H3,(H2,28,29,30);1H3;;;7*1H/q;;2*+1;;;;;;;/p-2/t25-;;;;;;;;;;/m0........../s1. The van der Waals surface area contributed by atoms with Crippen molar-refractivity contribution in [2.24, 2.45) is 0 Å². The zero-order valence-corrected chi connectivity index (χ0v) is 27.4. The summed E-state index contributed by atoms with van der Waals surface area (Å²) < 4.78 is 24.4. The maximum atomic E-state index is 12.0. The van der Waals surface area contributed by atoms with Gasteiger partial charge in [0.05, 0.1) is 7.82 Å². The van der Waals surface area contributed by atoms with Crippen molar-refractivity contribution in [2.75, 3.05) is 6.61 Å². The van der Waals surface area contributed by atoms with E-state index in [0.29, 0.717) is 6.42 Å². The minimum atomic E-state index is -5.36. The van der Waals surface area contributed by atoms with Crippen molar-refractivity contribution < 1.29 is 107 Å². The molecule has 0 radical (unpaired) electrons. The van der Waals surface area contributed by atoms with Crippen LogP contribution in [0.3, 0.4) is 0 Å². The Morgan fingerprint density at radius 1 is 0.811 bits per heavy atom. The zero-order chi connectivity index (χ0) is 25.5. The van der Waals surface area contributed by atoms with Crippen LogP contribution in [0, 0.1) is 47.4 Å². The van der Waals surface area contributed by atoms with E-state index in [1.54, 1.807) is 6.92 Å². The van der Waals surface area contributed by atoms with Crippen molar-refractivity contribution in [1.29, 1.82) is 0 Å². The summed E-state index contributed by atoms with van der Waals surface area (Å²) in [4.78, 5) is 45.1. The Kier molecular flexibility index (Phi) is 34.9. The molecule has 0 aromatic heterocycles. The largest absolute Gasteiger partial charge is 1.00 e. The number of ether oxygens (including phenoxy) is 2. The molecule has 1 atom stereocenters. The second-order valence-corrected chi connectivity index (χ2v) is 8.28. The van der Waals surface area contributed by atoms with Crippen LogP contribution in [0.4, 0.5) is 0 Å². The molecule has 3 N–H and O–H groups in total. The first-order chi connectivity index (χ1) is 16.3. The summed E-state index contributed by atoms with van der Waals surface area (Å²) in [5.41, 5.74) is 0. The molecule has 0 fully saturated rings. The molecule has 208 valence electrons. The predicted molar refractivity (Wildman–Crippen MR) is 143 cm³/mol. The van der Waals surface area contributed by atoms with Crippen molar-refractivity contribution in [3.63, 3.8) is 0 Å². The normalized spacial score (nSPS) is 9.73. The first-order valence-corrected chi connectivity index (χ1v) is 12.7. The molecule has 0 aliphatic heterocycles. The van der Waals surface area contributed by atoms with E-state index in [9.17, 15) is 23.9 Å². The van der Waals surface area contributed by atoms with Crippen LogP contribution in [0.5, 0.6) is 0 Å². The Labute approximate surface area is 276 Å². The quantitative estimate of drug-likeness (QED) is 0.0444. The van der Waals surface area contributed by atoms with Crippen molar-refractivity contribution in [3.8, 4) is 47.4 Å². The molecular weight excluding hydrogens is 519 g/mol. The summed E-state index contributed by atoms with van der Waals surface area (Å²) in [5.74, 6) is 16.7. The van der Waals surface area contributed by atoms with Gasteiger partial charge >= 0.3 is 71.1 Å². The van der Waals surface area contributed by atoms with Gasteiger partial charge in [-0.3, -0.25) is 4.79 Å². The van der Waals surface area contributed by atoms with Gasteiger partial charge in [0.2, 0.25) is 0 Å². The van der Waals surface area contributed by atoms with Crippen LogP contribution in [0.1, 0.15) is 94.5 Å². The molecule has 0 amide bonds. The Bertz CT molecular complexity index is 951. The maximum absolute atomic E-state index is 12.0. The first kappa shape index (κ1) is 43.3. The topological polar surface area (TPSA) is 160 Å². The van der Waals surface area contributed by atoms with Crippen molar-refractivity contribution >= 4 is 19.8 Å². The maximum Gasteiger partial charge on any atom is 1.00 e. The number of phosphoric acid groups is 1. The van der Waals surface area contributed by atoms with Crippen LogP contribution in [0.25, 0.3) is 0 Å². The Morgan fingerprint density at radius 3 is 1.81 bits per heavy atom. The van der Waals surface area contributed by atoms with Gasteiger partial charge < -0.3 is 34.5 Å². The monoisotopic (exact) mass is 567 g/mol. The minimum Gasteiger partial charge on any atom is -0.790 e. The predicted octanol–water partition coefficient (Wildman–Crippen LogP) is -1.52. The van der Waals surface area contributed by atoms with Gasteiger partial charge in [0, 0.05) is 22.3 Å². The minimum absolute atomic E-state index is 0. The van der Waals surface area contributed by atoms with Crippen LogP contribution < -0.4 is 75.1 Å². The van der Waals surface area contributed by atoms with Crippen molar-refractivity contribution in [2.45, 2.75) is 90.8 Å². The molecule has 0 aliphatic carbocycles. The second-order valence-electron chi connectivity index (χ2n) is 7.12. The molecule has 0 saturated heterocycles. The van der Waals surface area contributed by atoms with Gasteiger partial charge in [0.1, 0.15) is 6.61 Å². The summed E-state index contributed by atoms with van der Waals surface area (Å²) >= 11 is 0. The summed E-state index contributed by atoms with van der Waals surface area (Å²) in [5, 5.41) is 0. The van der Waals surface area contributed by atoms with Gasteiger partial charge in [0.25, 0.3) is 6.29 Å². The Balaban J connectivity index is -0.000000121. The molecule has 0 heterocycles. The molecule has 0 aliphatic rings. The van der Waals surface area contributed by atoms with Crippen molar-refractivity contribution in [1.82, 2.24) is 6.15 Å². The van der Waals surface area contributed by atoms with Crippen LogP contribution in [-0.2, 0) is 28.2 Å². The summed E-state index contributed by atoms with van der Waals surface area (Å²) in [6.07, 6.45) is 9.20. The second kappa shape index (κ2) is 29.8. The van der Waals surface area contributed by atoms with E-state index in [0.717, 1.165) is 19.3 Å². The fourth-order valence-corrected chi connectivity index (χ4v) is 2.93. The smallest absolute Gasteiger partial charge is 0.790 e. The van der Waals surface area contributed by atoms with Crippen LogP contribution in [-0.4, -0.2) is 24.8 Å². The number of esters is 2. The molecule has 0 bridgehead atoms. The van der Waals surface area contributed by atoms with E-state index < -0.39 is 32.7 Å². The van der Waals surface area contributed by atoms with Crippen LogP contribution in [0.15, 0.2) is 0 Å². The van der Waals surface area contributed by atoms with E-state index in [-0.39, 0.29) is 81.7 Å². The first-order valence-electron chi connectivity index (χ1n) is 11.3. The Hall–Kier alpha value is -0.750. The molecule has 0 rings (SSSR count). The fourth-order valence-electron chi connectivity index (χ4n) is 2.63. The third-order valence-corrected chi connectivity index (χ3v) is 4.67. The van der Waals surface area contributed by atoms with E-state index >= 15 is 0 Å². The molecule has 0 unspecified atom stereocenters. The molecule has 0 spiro atoms. The summed E-state index contributed by atoms with van der Waals surface area (Å²) in [6, 6.07) is 0. The van der Waals surface area contributed by atoms with Gasteiger partial charge in [-0.1, -0.05) is 70.6 Å². The summed E-state index contributed by atoms with van der Waals surface area (Å²) in [6.45, 7) is 2.83. The number of phosphoric ester groups is 1. The van der Waals surface area contributed by atoms with Crippen molar-refractivity contribution in [3.05, 3.63) is 0 Å². The van der Waals surface area contributed by atoms with Gasteiger partial charge in [-0.2, -0.15) is 0 Å². The average molecular weight is 568 g/mol. The average Bonchev–Trinajstić information content (AvgIpc) is 2.77. The number of unbranched alkanes of at least 4 members (excludes halogenated alkanes) is 9. The molecule has 0 saturated carbocycles. The number of carbonyl (C=O) groups excluding carboxylic acids is 2. The van der Waals surface area contributed by atoms with Gasteiger partial charge in [0.15, 0.2) is 0 Å². The molecule has 12 heteroatoms. The third-order valence-electron chi connectivity index (χ3n) is 4.21. The van der Waals surface area contributed by atoms with Gasteiger partial charge in [-0.05, 0) is 48.9 Å². The van der Waals surface area contributed by atoms with Crippen LogP contribution in [0.2, 0.25) is 0 Å². The molecule has 0 aromatic rings. The molecule has 0 aromatic carbocycles. The third kappa shape index (κ3) is 33.2. The number of hydrogen-bond donors (Lipinski definition) is 1. The van der Waals surface area contributed by atoms with Gasteiger partial charge in [-0.25, -0.2) is 4.79 Å². The van der Waals surface area contributed by atoms with E-state index in [4.69, 9.17) is 9.47 Å². The van der Waals surface area contributed by atoms with E-state index in [1.165, 1.54) is 38.5 Å². The molecule has 37 heavy (non-hydrogen) atoms. The number of carbonyl (C=O) groups is 2. The van der Waals surface area contributed by atoms with E-state index in [1.807, 2.05) is 5.92 Å². The van der Waals surface area contributed by atoms with Crippen LogP contribution >= 0.6 is 7.82 Å². The Morgan fingerprint density at radius 2 is 1.30 bits per heavy atom. The number of rotatable bonds is 16. The zero-order valence-electron chi connectivity index (χ0n) is 22.5. The van der Waals surface area contributed by atoms with E-state index in [2.05, 4.69) is 52.9 Å². The van der Waals surface area contributed by atoms with Gasteiger partial charge in [-0.15, -0.1) is 0 Å². The SMILES string of the molecule is CC#CC#CC#CC#CC(=O)O[C@H](COP(=O)([O-])[O-])OC(=O)CCCCCCCCCCCC.N.[HH].[HH].[HH].[HH].[HH].[HH].[HH].[Na+].[Na+]. The summed E-state index contributed by atoms with van der Waals surface area (Å²) in [7, 11) is -5.36. The molecular formula is C25H48NNa2O8P. The molecule has 9 nitrogen and oxygen atoms in total. The fraction of sp³-hybridized carbons (Fsp3) is 0.600. The number of hydrogen-bond acceptors (Lipinski definition) is 9.